The van der Waals surface area contributed by atoms with E-state index in [1.807, 2.05) is 31.2 Å². The van der Waals surface area contributed by atoms with E-state index in [9.17, 15) is 4.79 Å². The van der Waals surface area contributed by atoms with Crippen LogP contribution < -0.4 is 0 Å². The third-order valence-corrected chi connectivity index (χ3v) is 2.55. The van der Waals surface area contributed by atoms with Crippen LogP contribution in [0.1, 0.15) is 25.8 Å². The molecular formula is C14H18O. The smallest absolute Gasteiger partial charge is 0.158 e. The second kappa shape index (κ2) is 6.18. The fourth-order valence-corrected chi connectivity index (χ4v) is 1.65. The van der Waals surface area contributed by atoms with E-state index in [0.717, 1.165) is 12.8 Å². The number of carbonyl (C=O) groups excluding carboxylic acids is 1. The maximum absolute atomic E-state index is 11.7. The monoisotopic (exact) mass is 202 g/mol. The molecule has 1 nitrogen and oxygen atoms in total. The number of benzene rings is 1. The number of rotatable bonds is 5. The number of carbonyl (C=O) groups is 1. The van der Waals surface area contributed by atoms with Crippen LogP contribution in [0.2, 0.25) is 0 Å². The normalized spacial score (nSPS) is 12.9. The summed E-state index contributed by atoms with van der Waals surface area (Å²) in [7, 11) is 0. The highest BCUT2D eigenvalue weighted by Gasteiger charge is 2.13. The molecule has 0 aliphatic carbocycles. The SMILES string of the molecule is C/C=C/C(=O)[C@H](CC)Cc1ccccc1. The van der Waals surface area contributed by atoms with Crippen molar-refractivity contribution < 1.29 is 4.79 Å². The quantitative estimate of drug-likeness (QED) is 0.669. The highest BCUT2D eigenvalue weighted by Crippen LogP contribution is 2.13. The Morgan fingerprint density at radius 3 is 2.53 bits per heavy atom. The van der Waals surface area contributed by atoms with Gasteiger partial charge in [-0.2, -0.15) is 0 Å². The Labute approximate surface area is 91.8 Å². The van der Waals surface area contributed by atoms with Gasteiger partial charge in [0.05, 0.1) is 0 Å². The molecule has 0 amide bonds. The zero-order chi connectivity index (χ0) is 11.1. The molecule has 0 unspecified atom stereocenters. The van der Waals surface area contributed by atoms with E-state index < -0.39 is 0 Å². The zero-order valence-corrected chi connectivity index (χ0v) is 9.44. The molecule has 0 aliphatic rings. The lowest BCUT2D eigenvalue weighted by atomic mass is 9.93. The first-order chi connectivity index (χ1) is 7.27. The molecule has 1 atom stereocenters. The van der Waals surface area contributed by atoms with Crippen molar-refractivity contribution in [3.05, 3.63) is 48.0 Å². The van der Waals surface area contributed by atoms with Gasteiger partial charge in [0, 0.05) is 5.92 Å². The molecule has 0 bridgehead atoms. The predicted octanol–water partition coefficient (Wildman–Crippen LogP) is 3.40. The van der Waals surface area contributed by atoms with Crippen LogP contribution in [0.4, 0.5) is 0 Å². The average molecular weight is 202 g/mol. The molecule has 0 radical (unpaired) electrons. The summed E-state index contributed by atoms with van der Waals surface area (Å²) in [4.78, 5) is 11.7. The highest BCUT2D eigenvalue weighted by molar-refractivity contribution is 5.91. The lowest BCUT2D eigenvalue weighted by Crippen LogP contribution is -2.13. The van der Waals surface area contributed by atoms with Crippen molar-refractivity contribution >= 4 is 5.78 Å². The number of allylic oxidation sites excluding steroid dienone is 2. The lowest BCUT2D eigenvalue weighted by molar-refractivity contribution is -0.118. The van der Waals surface area contributed by atoms with Crippen LogP contribution in [-0.2, 0) is 11.2 Å². The van der Waals surface area contributed by atoms with Gasteiger partial charge in [0.25, 0.3) is 0 Å². The Morgan fingerprint density at radius 1 is 1.33 bits per heavy atom. The van der Waals surface area contributed by atoms with E-state index in [-0.39, 0.29) is 11.7 Å². The summed E-state index contributed by atoms with van der Waals surface area (Å²) < 4.78 is 0. The van der Waals surface area contributed by atoms with Crippen molar-refractivity contribution in [2.24, 2.45) is 5.92 Å². The first-order valence-corrected chi connectivity index (χ1v) is 5.48. The molecule has 0 saturated carbocycles. The van der Waals surface area contributed by atoms with E-state index in [0.29, 0.717) is 0 Å². The van der Waals surface area contributed by atoms with Gasteiger partial charge < -0.3 is 0 Å². The third kappa shape index (κ3) is 3.70. The number of hydrogen-bond donors (Lipinski definition) is 0. The van der Waals surface area contributed by atoms with Crippen molar-refractivity contribution in [1.29, 1.82) is 0 Å². The van der Waals surface area contributed by atoms with Crippen LogP contribution in [0.15, 0.2) is 42.5 Å². The van der Waals surface area contributed by atoms with Gasteiger partial charge in [-0.1, -0.05) is 43.3 Å². The van der Waals surface area contributed by atoms with Crippen LogP contribution in [0.5, 0.6) is 0 Å². The predicted molar refractivity (Wildman–Crippen MR) is 63.7 cm³/mol. The molecule has 1 aromatic carbocycles. The van der Waals surface area contributed by atoms with Crippen molar-refractivity contribution in [1.82, 2.24) is 0 Å². The second-order valence-corrected chi connectivity index (χ2v) is 3.70. The molecule has 0 N–H and O–H groups in total. The molecule has 1 rings (SSSR count). The molecule has 1 aromatic rings. The molecule has 0 aromatic heterocycles. The summed E-state index contributed by atoms with van der Waals surface area (Å²) in [6, 6.07) is 10.2. The van der Waals surface area contributed by atoms with E-state index in [2.05, 4.69) is 19.1 Å². The van der Waals surface area contributed by atoms with Crippen molar-refractivity contribution in [3.8, 4) is 0 Å². The van der Waals surface area contributed by atoms with Gasteiger partial charge in [0.2, 0.25) is 0 Å². The Kier molecular flexibility index (Phi) is 4.82. The van der Waals surface area contributed by atoms with Crippen LogP contribution in [0.25, 0.3) is 0 Å². The summed E-state index contributed by atoms with van der Waals surface area (Å²) in [6.07, 6.45) is 5.24. The molecule has 0 fully saturated rings. The van der Waals surface area contributed by atoms with Gasteiger partial charge >= 0.3 is 0 Å². The van der Waals surface area contributed by atoms with Gasteiger partial charge in [-0.25, -0.2) is 0 Å². The van der Waals surface area contributed by atoms with Crippen LogP contribution >= 0.6 is 0 Å². The first kappa shape index (κ1) is 11.7. The summed E-state index contributed by atoms with van der Waals surface area (Å²) in [5.74, 6) is 0.368. The molecule has 80 valence electrons. The van der Waals surface area contributed by atoms with E-state index in [1.54, 1.807) is 6.08 Å². The molecule has 15 heavy (non-hydrogen) atoms. The molecule has 0 saturated heterocycles. The Balaban J connectivity index is 2.66. The Hall–Kier alpha value is -1.37. The maximum Gasteiger partial charge on any atom is 0.158 e. The largest absolute Gasteiger partial charge is 0.295 e. The van der Waals surface area contributed by atoms with Gasteiger partial charge in [0.15, 0.2) is 5.78 Å². The summed E-state index contributed by atoms with van der Waals surface area (Å²) in [5.41, 5.74) is 1.24. The topological polar surface area (TPSA) is 17.1 Å². The average Bonchev–Trinajstić information content (AvgIpc) is 2.27. The number of hydrogen-bond acceptors (Lipinski definition) is 1. The molecule has 0 spiro atoms. The van der Waals surface area contributed by atoms with Gasteiger partial charge in [-0.05, 0) is 31.4 Å². The van der Waals surface area contributed by atoms with Gasteiger partial charge in [-0.3, -0.25) is 4.79 Å². The summed E-state index contributed by atoms with van der Waals surface area (Å²) in [6.45, 7) is 3.95. The first-order valence-electron chi connectivity index (χ1n) is 5.48. The fourth-order valence-electron chi connectivity index (χ4n) is 1.65. The van der Waals surface area contributed by atoms with Crippen molar-refractivity contribution in [2.75, 3.05) is 0 Å². The zero-order valence-electron chi connectivity index (χ0n) is 9.44. The summed E-state index contributed by atoms with van der Waals surface area (Å²) >= 11 is 0. The lowest BCUT2D eigenvalue weighted by Gasteiger charge is -2.11. The minimum Gasteiger partial charge on any atom is -0.295 e. The number of ketones is 1. The van der Waals surface area contributed by atoms with Crippen molar-refractivity contribution in [2.45, 2.75) is 26.7 Å². The van der Waals surface area contributed by atoms with Crippen LogP contribution in [-0.4, -0.2) is 5.78 Å². The van der Waals surface area contributed by atoms with Crippen molar-refractivity contribution in [3.63, 3.8) is 0 Å². The molecular weight excluding hydrogens is 184 g/mol. The maximum atomic E-state index is 11.7. The Bertz CT molecular complexity index is 324. The van der Waals surface area contributed by atoms with Crippen LogP contribution in [0, 0.1) is 5.92 Å². The molecule has 1 heteroatoms. The van der Waals surface area contributed by atoms with E-state index >= 15 is 0 Å². The summed E-state index contributed by atoms with van der Waals surface area (Å²) in [5, 5.41) is 0. The van der Waals surface area contributed by atoms with Gasteiger partial charge in [-0.15, -0.1) is 0 Å². The third-order valence-electron chi connectivity index (χ3n) is 2.55. The second-order valence-electron chi connectivity index (χ2n) is 3.70. The minimum absolute atomic E-state index is 0.128. The molecule has 0 aliphatic heterocycles. The Morgan fingerprint density at radius 2 is 2.00 bits per heavy atom. The fraction of sp³-hybridized carbons (Fsp3) is 0.357. The molecule has 0 heterocycles. The van der Waals surface area contributed by atoms with E-state index in [1.165, 1.54) is 5.56 Å². The highest BCUT2D eigenvalue weighted by atomic mass is 16.1. The van der Waals surface area contributed by atoms with Gasteiger partial charge in [0.1, 0.15) is 0 Å². The van der Waals surface area contributed by atoms with Crippen LogP contribution in [0.3, 0.4) is 0 Å². The standard InChI is InChI=1S/C14H18O/c1-3-8-14(15)13(4-2)11-12-9-6-5-7-10-12/h3,5-10,13H,4,11H2,1-2H3/b8-3+/t13-/m1/s1. The minimum atomic E-state index is 0.128. The van der Waals surface area contributed by atoms with E-state index in [4.69, 9.17) is 0 Å².